The molecule has 0 aliphatic heterocycles. The van der Waals surface area contributed by atoms with Crippen LogP contribution in [-0.2, 0) is 9.53 Å². The number of nitrogens with zero attached hydrogens (tertiary/aromatic N) is 3. The topological polar surface area (TPSA) is 86.1 Å². The summed E-state index contributed by atoms with van der Waals surface area (Å²) in [5, 5.41) is 7.58. The summed E-state index contributed by atoms with van der Waals surface area (Å²) in [6, 6.07) is 1.82. The van der Waals surface area contributed by atoms with Crippen molar-refractivity contribution in [3.8, 4) is 0 Å². The molecule has 2 aromatic heterocycles. The minimum atomic E-state index is -0.909. The minimum Gasteiger partial charge on any atom is -0.449 e. The van der Waals surface area contributed by atoms with Crippen LogP contribution in [0.3, 0.4) is 0 Å². The normalized spacial score (nSPS) is 12.4. The van der Waals surface area contributed by atoms with Gasteiger partial charge in [0.2, 0.25) is 0 Å². The Kier molecular flexibility index (Phi) is 6.13. The molecule has 7 nitrogen and oxygen atoms in total. The van der Waals surface area contributed by atoms with E-state index in [0.29, 0.717) is 23.1 Å². The molecule has 0 aromatic carbocycles. The largest absolute Gasteiger partial charge is 0.449 e. The molecule has 0 saturated heterocycles. The Morgan fingerprint density at radius 1 is 1.31 bits per heavy atom. The van der Waals surface area contributed by atoms with Gasteiger partial charge in [-0.05, 0) is 32.8 Å². The van der Waals surface area contributed by atoms with Gasteiger partial charge in [0.25, 0.3) is 5.91 Å². The maximum atomic E-state index is 12.7. The lowest BCUT2D eigenvalue weighted by atomic mass is 10.1. The fraction of sp³-hybridized carbons (Fsp3) is 0.474. The SMILES string of the molecule is C=CCNC(=O)[C@@H](C)OC(=O)c1cc(C(C)C)nc2c1cnn2C(C)C. The number of carbonyl (C=O) groups is 2. The number of aromatic nitrogens is 3. The van der Waals surface area contributed by atoms with E-state index in [2.05, 4.69) is 22.0 Å². The van der Waals surface area contributed by atoms with Gasteiger partial charge < -0.3 is 10.1 Å². The van der Waals surface area contributed by atoms with Crippen LogP contribution in [0.2, 0.25) is 0 Å². The number of fused-ring (bicyclic) bond motifs is 1. The van der Waals surface area contributed by atoms with E-state index in [4.69, 9.17) is 4.74 Å². The molecule has 1 amide bonds. The van der Waals surface area contributed by atoms with E-state index in [9.17, 15) is 9.59 Å². The summed E-state index contributed by atoms with van der Waals surface area (Å²) in [5.74, 6) is -0.802. The van der Waals surface area contributed by atoms with Crippen LogP contribution in [0.5, 0.6) is 0 Å². The van der Waals surface area contributed by atoms with Crippen LogP contribution in [0.4, 0.5) is 0 Å². The molecule has 0 unspecified atom stereocenters. The van der Waals surface area contributed by atoms with Gasteiger partial charge in [-0.25, -0.2) is 14.5 Å². The van der Waals surface area contributed by atoms with E-state index in [0.717, 1.165) is 5.69 Å². The van der Waals surface area contributed by atoms with Gasteiger partial charge >= 0.3 is 5.97 Å². The molecule has 2 heterocycles. The predicted octanol–water partition coefficient (Wildman–Crippen LogP) is 2.98. The van der Waals surface area contributed by atoms with E-state index in [1.54, 1.807) is 23.0 Å². The standard InChI is InChI=1S/C19H26N4O3/c1-7-8-20-18(24)13(6)26-19(25)14-9-16(11(2)3)22-17-15(14)10-21-23(17)12(4)5/h7,9-13H,1,8H2,2-6H3,(H,20,24)/t13-/m1/s1. The van der Waals surface area contributed by atoms with Crippen LogP contribution in [0, 0.1) is 0 Å². The van der Waals surface area contributed by atoms with E-state index >= 15 is 0 Å². The molecule has 26 heavy (non-hydrogen) atoms. The highest BCUT2D eigenvalue weighted by Crippen LogP contribution is 2.25. The number of hydrogen-bond acceptors (Lipinski definition) is 5. The van der Waals surface area contributed by atoms with Crippen LogP contribution in [0.25, 0.3) is 11.0 Å². The molecule has 0 bridgehead atoms. The van der Waals surface area contributed by atoms with Crippen molar-refractivity contribution in [3.63, 3.8) is 0 Å². The monoisotopic (exact) mass is 358 g/mol. The summed E-state index contributed by atoms with van der Waals surface area (Å²) >= 11 is 0. The van der Waals surface area contributed by atoms with Crippen molar-refractivity contribution in [1.82, 2.24) is 20.1 Å². The highest BCUT2D eigenvalue weighted by atomic mass is 16.5. The third-order valence-electron chi connectivity index (χ3n) is 3.96. The van der Waals surface area contributed by atoms with Crippen molar-refractivity contribution in [1.29, 1.82) is 0 Å². The van der Waals surface area contributed by atoms with Crippen molar-refractivity contribution in [2.45, 2.75) is 52.7 Å². The minimum absolute atomic E-state index is 0.106. The zero-order valence-electron chi connectivity index (χ0n) is 15.9. The number of rotatable bonds is 7. The number of amides is 1. The third kappa shape index (κ3) is 4.09. The fourth-order valence-electron chi connectivity index (χ4n) is 2.47. The second-order valence-corrected chi connectivity index (χ2v) is 6.75. The molecule has 140 valence electrons. The summed E-state index contributed by atoms with van der Waals surface area (Å²) in [7, 11) is 0. The zero-order valence-corrected chi connectivity index (χ0v) is 15.9. The third-order valence-corrected chi connectivity index (χ3v) is 3.96. The number of hydrogen-bond donors (Lipinski definition) is 1. The first kappa shape index (κ1) is 19.6. The second-order valence-electron chi connectivity index (χ2n) is 6.75. The summed E-state index contributed by atoms with van der Waals surface area (Å²) in [6.07, 6.45) is 2.27. The van der Waals surface area contributed by atoms with Crippen molar-refractivity contribution in [2.24, 2.45) is 0 Å². The lowest BCUT2D eigenvalue weighted by Crippen LogP contribution is -2.35. The van der Waals surface area contributed by atoms with Gasteiger partial charge in [0, 0.05) is 18.3 Å². The molecule has 2 aromatic rings. The summed E-state index contributed by atoms with van der Waals surface area (Å²) in [4.78, 5) is 29.3. The highest BCUT2D eigenvalue weighted by Gasteiger charge is 2.23. The lowest BCUT2D eigenvalue weighted by molar-refractivity contribution is -0.128. The van der Waals surface area contributed by atoms with Crippen molar-refractivity contribution in [3.05, 3.63) is 36.2 Å². The molecule has 0 saturated carbocycles. The first-order chi connectivity index (χ1) is 12.3. The first-order valence-electron chi connectivity index (χ1n) is 8.74. The van der Waals surface area contributed by atoms with Crippen molar-refractivity contribution in [2.75, 3.05) is 6.54 Å². The van der Waals surface area contributed by atoms with E-state index < -0.39 is 12.1 Å². The number of carbonyl (C=O) groups excluding carboxylic acids is 2. The Morgan fingerprint density at radius 2 is 2.00 bits per heavy atom. The van der Waals surface area contributed by atoms with Gasteiger partial charge in [-0.1, -0.05) is 19.9 Å². The van der Waals surface area contributed by atoms with Crippen LogP contribution in [0.1, 0.15) is 62.6 Å². The Labute approximate surface area is 153 Å². The molecule has 0 aliphatic carbocycles. The average Bonchev–Trinajstić information content (AvgIpc) is 3.02. The molecule has 1 N–H and O–H groups in total. The van der Waals surface area contributed by atoms with E-state index in [1.807, 2.05) is 27.7 Å². The first-order valence-corrected chi connectivity index (χ1v) is 8.74. The average molecular weight is 358 g/mol. The van der Waals surface area contributed by atoms with Gasteiger partial charge in [0.1, 0.15) is 0 Å². The Morgan fingerprint density at radius 3 is 2.58 bits per heavy atom. The molecule has 0 radical (unpaired) electrons. The summed E-state index contributed by atoms with van der Waals surface area (Å²) in [6.45, 7) is 13.4. The molecule has 2 rings (SSSR count). The Bertz CT molecular complexity index is 824. The molecular formula is C19H26N4O3. The molecule has 7 heteroatoms. The number of pyridine rings is 1. The van der Waals surface area contributed by atoms with E-state index in [-0.39, 0.29) is 17.9 Å². The number of nitrogens with one attached hydrogen (secondary N) is 1. The Balaban J connectivity index is 2.39. The van der Waals surface area contributed by atoms with Crippen molar-refractivity contribution >= 4 is 22.9 Å². The smallest absolute Gasteiger partial charge is 0.339 e. The summed E-state index contributed by atoms with van der Waals surface area (Å²) in [5.41, 5.74) is 1.78. The predicted molar refractivity (Wildman–Crippen MR) is 100 cm³/mol. The maximum absolute atomic E-state index is 12.7. The van der Waals surface area contributed by atoms with Crippen LogP contribution >= 0.6 is 0 Å². The van der Waals surface area contributed by atoms with Gasteiger partial charge in [0.05, 0.1) is 17.1 Å². The Hall–Kier alpha value is -2.70. The van der Waals surface area contributed by atoms with Crippen LogP contribution < -0.4 is 5.32 Å². The zero-order chi connectivity index (χ0) is 19.4. The fourth-order valence-corrected chi connectivity index (χ4v) is 2.47. The van der Waals surface area contributed by atoms with E-state index in [1.165, 1.54) is 6.92 Å². The molecule has 1 atom stereocenters. The molecular weight excluding hydrogens is 332 g/mol. The lowest BCUT2D eigenvalue weighted by Gasteiger charge is -2.15. The van der Waals surface area contributed by atoms with Gasteiger partial charge in [0.15, 0.2) is 11.8 Å². The van der Waals surface area contributed by atoms with Gasteiger partial charge in [-0.2, -0.15) is 5.10 Å². The second kappa shape index (κ2) is 8.12. The van der Waals surface area contributed by atoms with Gasteiger partial charge in [-0.15, -0.1) is 6.58 Å². The maximum Gasteiger partial charge on any atom is 0.339 e. The quantitative estimate of drug-likeness (QED) is 0.607. The number of ether oxygens (including phenoxy) is 1. The van der Waals surface area contributed by atoms with Crippen LogP contribution in [0.15, 0.2) is 24.9 Å². The molecule has 0 spiro atoms. The van der Waals surface area contributed by atoms with Gasteiger partial charge in [-0.3, -0.25) is 4.79 Å². The summed E-state index contributed by atoms with van der Waals surface area (Å²) < 4.78 is 7.13. The molecule has 0 aliphatic rings. The molecule has 0 fully saturated rings. The van der Waals surface area contributed by atoms with Crippen molar-refractivity contribution < 1.29 is 14.3 Å². The van der Waals surface area contributed by atoms with Crippen LogP contribution in [-0.4, -0.2) is 39.3 Å². The number of esters is 1. The highest BCUT2D eigenvalue weighted by molar-refractivity contribution is 6.03.